The van der Waals surface area contributed by atoms with Crippen LogP contribution in [-0.2, 0) is 19.7 Å². The quantitative estimate of drug-likeness (QED) is 0.705. The van der Waals surface area contributed by atoms with E-state index in [0.29, 0.717) is 29.7 Å². The molecule has 1 amide bonds. The maximum absolute atomic E-state index is 14.0. The van der Waals surface area contributed by atoms with E-state index in [1.807, 2.05) is 13.8 Å². The second-order valence-electron chi connectivity index (χ2n) is 8.37. The van der Waals surface area contributed by atoms with Gasteiger partial charge in [0.15, 0.2) is 5.79 Å². The molecule has 28 heavy (non-hydrogen) atoms. The molecule has 0 saturated carbocycles. The summed E-state index contributed by atoms with van der Waals surface area (Å²) in [6.07, 6.45) is 1.68. The monoisotopic (exact) mass is 449 g/mol. The lowest BCUT2D eigenvalue weighted by atomic mass is 9.73. The summed E-state index contributed by atoms with van der Waals surface area (Å²) in [6.45, 7) is 6.31. The number of rotatable bonds is 2. The Balaban J connectivity index is 1.49. The number of anilines is 1. The Morgan fingerprint density at radius 2 is 2.11 bits per heavy atom. The summed E-state index contributed by atoms with van der Waals surface area (Å²) < 4.78 is 25.9. The van der Waals surface area contributed by atoms with Crippen LogP contribution in [0.5, 0.6) is 0 Å². The van der Waals surface area contributed by atoms with Crippen LogP contribution in [0.1, 0.15) is 19.4 Å². The Morgan fingerprint density at radius 1 is 1.36 bits per heavy atom. The number of carbonyl (C=O) groups excluding carboxylic acids is 1. The molecule has 0 bridgehead atoms. The number of likely N-dealkylation sites (tertiary alicyclic amines) is 1. The largest absolute Gasteiger partial charge is 0.348 e. The van der Waals surface area contributed by atoms with Crippen molar-refractivity contribution in [3.63, 3.8) is 0 Å². The molecule has 5 rings (SSSR count). The molecule has 148 valence electrons. The molecule has 4 heterocycles. The highest BCUT2D eigenvalue weighted by molar-refractivity contribution is 9.10. The maximum Gasteiger partial charge on any atom is 0.240 e. The van der Waals surface area contributed by atoms with Crippen molar-refractivity contribution in [2.75, 3.05) is 38.2 Å². The fourth-order valence-electron chi connectivity index (χ4n) is 4.75. The van der Waals surface area contributed by atoms with Crippen LogP contribution in [0, 0.1) is 5.82 Å². The Bertz CT molecular complexity index is 1010. The van der Waals surface area contributed by atoms with E-state index < -0.39 is 11.2 Å². The average Bonchev–Trinajstić information content (AvgIpc) is 3.05. The third-order valence-corrected chi connectivity index (χ3v) is 6.57. The van der Waals surface area contributed by atoms with Crippen molar-refractivity contribution in [3.8, 4) is 0 Å². The molecule has 6 nitrogen and oxygen atoms in total. The van der Waals surface area contributed by atoms with Crippen LogP contribution in [0.25, 0.3) is 10.9 Å². The molecule has 3 aliphatic heterocycles. The molecule has 2 fully saturated rings. The van der Waals surface area contributed by atoms with Crippen molar-refractivity contribution in [1.82, 2.24) is 9.88 Å². The van der Waals surface area contributed by atoms with Gasteiger partial charge in [-0.25, -0.2) is 4.39 Å². The predicted octanol–water partition coefficient (Wildman–Crippen LogP) is 2.82. The number of amides is 1. The zero-order valence-electron chi connectivity index (χ0n) is 16.0. The van der Waals surface area contributed by atoms with Crippen LogP contribution in [0.15, 0.2) is 22.8 Å². The molecule has 1 atom stereocenters. The summed E-state index contributed by atoms with van der Waals surface area (Å²) in [5.41, 5.74) is 1.70. The number of halogens is 2. The Morgan fingerprint density at radius 3 is 2.79 bits per heavy atom. The fourth-order valence-corrected chi connectivity index (χ4v) is 5.10. The molecule has 1 spiro atoms. The molecular formula is C20H21BrFN3O3. The Labute approximate surface area is 170 Å². The minimum Gasteiger partial charge on any atom is -0.348 e. The lowest BCUT2D eigenvalue weighted by molar-refractivity contribution is -0.145. The lowest BCUT2D eigenvalue weighted by Gasteiger charge is -2.47. The van der Waals surface area contributed by atoms with Gasteiger partial charge in [0, 0.05) is 43.7 Å². The number of carbonyl (C=O) groups is 1. The Hall–Kier alpha value is -1.61. The topological polar surface area (TPSA) is 54.9 Å². The number of fused-ring (bicyclic) bond motifs is 4. The van der Waals surface area contributed by atoms with Crippen LogP contribution in [-0.4, -0.2) is 61.0 Å². The van der Waals surface area contributed by atoms with E-state index in [-0.39, 0.29) is 17.8 Å². The first-order valence-corrected chi connectivity index (χ1v) is 10.1. The van der Waals surface area contributed by atoms with E-state index >= 15 is 0 Å². The number of benzene rings is 1. The van der Waals surface area contributed by atoms with Gasteiger partial charge in [0.1, 0.15) is 11.2 Å². The van der Waals surface area contributed by atoms with E-state index in [4.69, 9.17) is 9.47 Å². The molecule has 2 saturated heterocycles. The van der Waals surface area contributed by atoms with Crippen molar-refractivity contribution in [3.05, 3.63) is 34.2 Å². The predicted molar refractivity (Wildman–Crippen MR) is 106 cm³/mol. The van der Waals surface area contributed by atoms with E-state index in [2.05, 4.69) is 25.8 Å². The highest BCUT2D eigenvalue weighted by Gasteiger charge is 2.58. The first-order valence-electron chi connectivity index (χ1n) is 9.31. The molecule has 1 aromatic carbocycles. The van der Waals surface area contributed by atoms with E-state index in [1.54, 1.807) is 24.2 Å². The maximum atomic E-state index is 14.0. The van der Waals surface area contributed by atoms with E-state index in [9.17, 15) is 9.18 Å². The van der Waals surface area contributed by atoms with Crippen LogP contribution in [0.2, 0.25) is 0 Å². The molecule has 1 aromatic heterocycles. The SMILES string of the molecule is CN1C(=O)C2(CN(C[C@H]3COC(C)(C)O3)C2)c2c1cnc1cc(F)c(Br)cc21. The Kier molecular flexibility index (Phi) is 3.91. The third kappa shape index (κ3) is 2.55. The summed E-state index contributed by atoms with van der Waals surface area (Å²) in [7, 11) is 1.78. The summed E-state index contributed by atoms with van der Waals surface area (Å²) in [4.78, 5) is 21.5. The number of ether oxygens (including phenoxy) is 2. The first-order chi connectivity index (χ1) is 13.2. The lowest BCUT2D eigenvalue weighted by Crippen LogP contribution is -2.64. The van der Waals surface area contributed by atoms with Gasteiger partial charge in [-0.15, -0.1) is 0 Å². The summed E-state index contributed by atoms with van der Waals surface area (Å²) in [5.74, 6) is -0.845. The molecule has 2 aromatic rings. The number of likely N-dealkylation sites (N-methyl/N-ethyl adjacent to an activating group) is 1. The summed E-state index contributed by atoms with van der Waals surface area (Å²) in [5, 5.41) is 0.824. The minimum atomic E-state index is -0.614. The highest BCUT2D eigenvalue weighted by Crippen LogP contribution is 2.50. The zero-order chi connectivity index (χ0) is 19.8. The summed E-state index contributed by atoms with van der Waals surface area (Å²) >= 11 is 3.27. The van der Waals surface area contributed by atoms with Crippen molar-refractivity contribution in [1.29, 1.82) is 0 Å². The molecule has 0 radical (unpaired) electrons. The summed E-state index contributed by atoms with van der Waals surface area (Å²) in [6, 6.07) is 3.15. The van der Waals surface area contributed by atoms with Crippen molar-refractivity contribution in [2.45, 2.75) is 31.2 Å². The zero-order valence-corrected chi connectivity index (χ0v) is 17.5. The van der Waals surface area contributed by atoms with Crippen molar-refractivity contribution in [2.24, 2.45) is 0 Å². The fraction of sp³-hybridized carbons (Fsp3) is 0.500. The van der Waals surface area contributed by atoms with Gasteiger partial charge in [0.2, 0.25) is 5.91 Å². The number of aromatic nitrogens is 1. The molecule has 0 N–H and O–H groups in total. The van der Waals surface area contributed by atoms with Gasteiger partial charge in [-0.05, 0) is 35.8 Å². The second-order valence-corrected chi connectivity index (χ2v) is 9.22. The van der Waals surface area contributed by atoms with Crippen molar-refractivity contribution < 1.29 is 18.7 Å². The molecule has 3 aliphatic rings. The minimum absolute atomic E-state index is 0.00141. The van der Waals surface area contributed by atoms with E-state index in [1.165, 1.54) is 6.07 Å². The molecule has 8 heteroatoms. The van der Waals surface area contributed by atoms with Crippen LogP contribution < -0.4 is 4.90 Å². The third-order valence-electron chi connectivity index (χ3n) is 5.96. The average molecular weight is 450 g/mol. The van der Waals surface area contributed by atoms with Gasteiger partial charge in [0.05, 0.1) is 34.6 Å². The normalized spacial score (nSPS) is 25.5. The van der Waals surface area contributed by atoms with Crippen LogP contribution in [0.3, 0.4) is 0 Å². The standard InChI is InChI=1S/C20H21BrFN3O3/c1-19(2)27-8-11(28-19)7-25-9-20(10-25)17-12-4-13(21)14(22)5-15(12)23-6-16(17)24(3)18(20)26/h4-6,11H,7-10H2,1-3H3/t11-/m0/s1. The van der Waals surface area contributed by atoms with Gasteiger partial charge >= 0.3 is 0 Å². The first kappa shape index (κ1) is 18.4. The smallest absolute Gasteiger partial charge is 0.240 e. The van der Waals surface area contributed by atoms with Gasteiger partial charge in [0.25, 0.3) is 0 Å². The highest BCUT2D eigenvalue weighted by atomic mass is 79.9. The second kappa shape index (κ2) is 5.95. The number of nitrogens with zero attached hydrogens (tertiary/aromatic N) is 3. The molecule has 0 unspecified atom stereocenters. The van der Waals surface area contributed by atoms with Gasteiger partial charge in [-0.3, -0.25) is 14.7 Å². The molecular weight excluding hydrogens is 429 g/mol. The molecule has 0 aliphatic carbocycles. The number of pyridine rings is 1. The van der Waals surface area contributed by atoms with Gasteiger partial charge in [-0.1, -0.05) is 0 Å². The van der Waals surface area contributed by atoms with Crippen LogP contribution >= 0.6 is 15.9 Å². The van der Waals surface area contributed by atoms with Crippen molar-refractivity contribution >= 4 is 38.4 Å². The van der Waals surface area contributed by atoms with Gasteiger partial charge < -0.3 is 14.4 Å². The van der Waals surface area contributed by atoms with Gasteiger partial charge in [-0.2, -0.15) is 0 Å². The number of hydrogen-bond donors (Lipinski definition) is 0. The van der Waals surface area contributed by atoms with Crippen LogP contribution in [0.4, 0.5) is 10.1 Å². The van der Waals surface area contributed by atoms with E-state index in [0.717, 1.165) is 23.2 Å². The number of hydrogen-bond acceptors (Lipinski definition) is 5.